The van der Waals surface area contributed by atoms with Crippen molar-refractivity contribution in [3.8, 4) is 33.8 Å². The number of ether oxygens (including phenoxy) is 2. The summed E-state index contributed by atoms with van der Waals surface area (Å²) in [6.07, 6.45) is 1.43. The molecule has 0 amide bonds. The van der Waals surface area contributed by atoms with Gasteiger partial charge in [0.2, 0.25) is 0 Å². The smallest absolute Gasteiger partial charge is 0.118 e. The van der Waals surface area contributed by atoms with Crippen LogP contribution >= 0.6 is 0 Å². The molecule has 0 fully saturated rings. The van der Waals surface area contributed by atoms with Gasteiger partial charge in [-0.25, -0.2) is 0 Å². The van der Waals surface area contributed by atoms with Gasteiger partial charge < -0.3 is 20.0 Å². The van der Waals surface area contributed by atoms with Gasteiger partial charge >= 0.3 is 0 Å². The molecule has 3 aromatic carbocycles. The zero-order valence-electron chi connectivity index (χ0n) is 15.6. The van der Waals surface area contributed by atoms with Crippen LogP contribution in [-0.2, 0) is 0 Å². The largest absolute Gasteiger partial charge is 0.497 e. The number of oxime groups is 1. The van der Waals surface area contributed by atoms with Crippen LogP contribution in [0.1, 0.15) is 5.56 Å². The SMILES string of the molecule is CNc1c(/C=N/O)ccc(-c2ccc(OC)cc2)c1-c1ccc(OC)cc1. The van der Waals surface area contributed by atoms with Crippen LogP contribution in [0.2, 0.25) is 0 Å². The normalized spacial score (nSPS) is 10.8. The van der Waals surface area contributed by atoms with Crippen LogP contribution in [0.3, 0.4) is 0 Å². The van der Waals surface area contributed by atoms with E-state index in [1.54, 1.807) is 14.2 Å². The first-order chi connectivity index (χ1) is 13.2. The van der Waals surface area contributed by atoms with E-state index in [0.29, 0.717) is 0 Å². The number of hydrogen-bond donors (Lipinski definition) is 2. The van der Waals surface area contributed by atoms with Gasteiger partial charge in [-0.3, -0.25) is 0 Å². The molecule has 0 unspecified atom stereocenters. The van der Waals surface area contributed by atoms with E-state index in [1.165, 1.54) is 6.21 Å². The fourth-order valence-corrected chi connectivity index (χ4v) is 3.13. The predicted molar refractivity (Wildman–Crippen MR) is 109 cm³/mol. The minimum absolute atomic E-state index is 0.795. The second-order valence-electron chi connectivity index (χ2n) is 5.90. The molecule has 0 saturated carbocycles. The van der Waals surface area contributed by atoms with E-state index in [2.05, 4.69) is 10.5 Å². The summed E-state index contributed by atoms with van der Waals surface area (Å²) in [5.74, 6) is 1.60. The molecule has 27 heavy (non-hydrogen) atoms. The van der Waals surface area contributed by atoms with Crippen molar-refractivity contribution in [3.63, 3.8) is 0 Å². The average molecular weight is 362 g/mol. The molecule has 3 aromatic rings. The van der Waals surface area contributed by atoms with Gasteiger partial charge in [0.05, 0.1) is 26.1 Å². The zero-order valence-corrected chi connectivity index (χ0v) is 15.6. The van der Waals surface area contributed by atoms with Gasteiger partial charge in [0.25, 0.3) is 0 Å². The summed E-state index contributed by atoms with van der Waals surface area (Å²) >= 11 is 0. The van der Waals surface area contributed by atoms with E-state index >= 15 is 0 Å². The minimum Gasteiger partial charge on any atom is -0.497 e. The fraction of sp³-hybridized carbons (Fsp3) is 0.136. The van der Waals surface area contributed by atoms with Crippen LogP contribution in [-0.4, -0.2) is 32.7 Å². The van der Waals surface area contributed by atoms with Crippen molar-refractivity contribution < 1.29 is 14.7 Å². The second kappa shape index (κ2) is 8.27. The molecular weight excluding hydrogens is 340 g/mol. The number of methoxy groups -OCH3 is 2. The molecule has 0 aromatic heterocycles. The lowest BCUT2D eigenvalue weighted by Crippen LogP contribution is -2.00. The van der Waals surface area contributed by atoms with Crippen LogP contribution in [0.15, 0.2) is 65.8 Å². The highest BCUT2D eigenvalue weighted by Gasteiger charge is 2.15. The molecule has 0 aliphatic carbocycles. The van der Waals surface area contributed by atoms with E-state index in [4.69, 9.17) is 14.7 Å². The number of nitrogens with one attached hydrogen (secondary N) is 1. The van der Waals surface area contributed by atoms with Gasteiger partial charge in [-0.05, 0) is 41.0 Å². The van der Waals surface area contributed by atoms with Crippen molar-refractivity contribution in [3.05, 3.63) is 66.2 Å². The van der Waals surface area contributed by atoms with E-state index in [-0.39, 0.29) is 0 Å². The molecule has 0 radical (unpaired) electrons. The molecule has 0 heterocycles. The summed E-state index contributed by atoms with van der Waals surface area (Å²) in [4.78, 5) is 0. The summed E-state index contributed by atoms with van der Waals surface area (Å²) in [6.45, 7) is 0. The highest BCUT2D eigenvalue weighted by atomic mass is 16.5. The highest BCUT2D eigenvalue weighted by Crippen LogP contribution is 2.40. The third-order valence-electron chi connectivity index (χ3n) is 4.46. The first-order valence-electron chi connectivity index (χ1n) is 8.53. The van der Waals surface area contributed by atoms with Crippen LogP contribution in [0, 0.1) is 0 Å². The van der Waals surface area contributed by atoms with Gasteiger partial charge in [-0.15, -0.1) is 0 Å². The summed E-state index contributed by atoms with van der Waals surface area (Å²) in [7, 11) is 5.16. The Bertz CT molecular complexity index is 933. The van der Waals surface area contributed by atoms with Crippen molar-refractivity contribution in [1.82, 2.24) is 0 Å². The summed E-state index contributed by atoms with van der Waals surface area (Å²) < 4.78 is 10.6. The highest BCUT2D eigenvalue weighted by molar-refractivity contribution is 6.00. The lowest BCUT2D eigenvalue weighted by Gasteiger charge is -2.18. The number of rotatable bonds is 6. The zero-order chi connectivity index (χ0) is 19.2. The molecule has 5 nitrogen and oxygen atoms in total. The van der Waals surface area contributed by atoms with Crippen LogP contribution in [0.5, 0.6) is 11.5 Å². The third kappa shape index (κ3) is 3.72. The number of benzene rings is 3. The van der Waals surface area contributed by atoms with Gasteiger partial charge in [-0.2, -0.15) is 0 Å². The molecule has 3 rings (SSSR count). The Labute approximate surface area is 158 Å². The molecule has 0 bridgehead atoms. The molecule has 0 aliphatic heterocycles. The molecule has 0 atom stereocenters. The van der Waals surface area contributed by atoms with E-state index in [0.717, 1.165) is 45.0 Å². The quantitative estimate of drug-likeness (QED) is 0.372. The number of anilines is 1. The lowest BCUT2D eigenvalue weighted by molar-refractivity contribution is 0.322. The Kier molecular flexibility index (Phi) is 5.61. The minimum atomic E-state index is 0.795. The molecule has 2 N–H and O–H groups in total. The van der Waals surface area contributed by atoms with Crippen molar-refractivity contribution in [1.29, 1.82) is 0 Å². The Balaban J connectivity index is 2.25. The van der Waals surface area contributed by atoms with E-state index in [9.17, 15) is 0 Å². The topological polar surface area (TPSA) is 63.1 Å². The molecule has 138 valence electrons. The molecule has 0 aliphatic rings. The second-order valence-corrected chi connectivity index (χ2v) is 5.90. The first-order valence-corrected chi connectivity index (χ1v) is 8.53. The first kappa shape index (κ1) is 18.3. The standard InChI is InChI=1S/C22H22N2O3/c1-23-22-17(14-24-25)8-13-20(15-4-9-18(26-2)10-5-15)21(22)16-6-11-19(27-3)12-7-16/h4-14,23,25H,1-3H3/b24-14+. The maximum atomic E-state index is 9.02. The van der Waals surface area contributed by atoms with Crippen molar-refractivity contribution in [2.75, 3.05) is 26.6 Å². The molecule has 5 heteroatoms. The number of hydrogen-bond acceptors (Lipinski definition) is 5. The summed E-state index contributed by atoms with van der Waals surface area (Å²) in [6, 6.07) is 19.8. The maximum Gasteiger partial charge on any atom is 0.118 e. The van der Waals surface area contributed by atoms with Gasteiger partial charge in [-0.1, -0.05) is 41.6 Å². The Morgan fingerprint density at radius 2 is 1.37 bits per heavy atom. The average Bonchev–Trinajstić information content (AvgIpc) is 2.73. The predicted octanol–water partition coefficient (Wildman–Crippen LogP) is 4.89. The number of nitrogens with zero attached hydrogens (tertiary/aromatic N) is 1. The Hall–Kier alpha value is -3.47. The van der Waals surface area contributed by atoms with E-state index in [1.807, 2.05) is 67.7 Å². The van der Waals surface area contributed by atoms with Crippen LogP contribution in [0.4, 0.5) is 5.69 Å². The monoisotopic (exact) mass is 362 g/mol. The molecule has 0 spiro atoms. The lowest BCUT2D eigenvalue weighted by atomic mass is 9.90. The van der Waals surface area contributed by atoms with E-state index < -0.39 is 0 Å². The van der Waals surface area contributed by atoms with Crippen LogP contribution in [0.25, 0.3) is 22.3 Å². The Morgan fingerprint density at radius 1 is 0.815 bits per heavy atom. The summed E-state index contributed by atoms with van der Waals surface area (Å²) in [5.41, 5.74) is 5.84. The Morgan fingerprint density at radius 3 is 1.85 bits per heavy atom. The van der Waals surface area contributed by atoms with Crippen LogP contribution < -0.4 is 14.8 Å². The third-order valence-corrected chi connectivity index (χ3v) is 4.46. The molecular formula is C22H22N2O3. The van der Waals surface area contributed by atoms with Gasteiger partial charge in [0.1, 0.15) is 11.5 Å². The summed E-state index contributed by atoms with van der Waals surface area (Å²) in [5, 5.41) is 15.5. The van der Waals surface area contributed by atoms with Gasteiger partial charge in [0, 0.05) is 18.2 Å². The maximum absolute atomic E-state index is 9.02. The van der Waals surface area contributed by atoms with Crippen molar-refractivity contribution in [2.45, 2.75) is 0 Å². The van der Waals surface area contributed by atoms with Crippen molar-refractivity contribution in [2.24, 2.45) is 5.16 Å². The van der Waals surface area contributed by atoms with Gasteiger partial charge in [0.15, 0.2) is 0 Å². The fourth-order valence-electron chi connectivity index (χ4n) is 3.13. The van der Waals surface area contributed by atoms with Crippen molar-refractivity contribution >= 4 is 11.9 Å². The molecule has 0 saturated heterocycles.